The zero-order valence-corrected chi connectivity index (χ0v) is 15.2. The molecule has 1 atom stereocenters. The molecule has 0 saturated carbocycles. The second kappa shape index (κ2) is 7.39. The second-order valence-corrected chi connectivity index (χ2v) is 7.27. The van der Waals surface area contributed by atoms with Gasteiger partial charge in [-0.25, -0.2) is 4.79 Å². The van der Waals surface area contributed by atoms with Gasteiger partial charge in [-0.2, -0.15) is 0 Å². The van der Waals surface area contributed by atoms with Crippen LogP contribution in [0.1, 0.15) is 30.6 Å². The van der Waals surface area contributed by atoms with Crippen molar-refractivity contribution in [1.29, 1.82) is 0 Å². The van der Waals surface area contributed by atoms with Crippen molar-refractivity contribution < 1.29 is 23.6 Å². The van der Waals surface area contributed by atoms with E-state index in [9.17, 15) is 14.1 Å². The van der Waals surface area contributed by atoms with Crippen LogP contribution in [0.2, 0.25) is 0 Å². The van der Waals surface area contributed by atoms with E-state index in [-0.39, 0.29) is 32.9 Å². The molecule has 3 aromatic rings. The predicted molar refractivity (Wildman–Crippen MR) is 99.7 cm³/mol. The Morgan fingerprint density at radius 3 is 2.65 bits per heavy atom. The summed E-state index contributed by atoms with van der Waals surface area (Å²) in [5, 5.41) is 9.54. The van der Waals surface area contributed by atoms with Gasteiger partial charge < -0.3 is 18.8 Å². The fourth-order valence-corrected chi connectivity index (χ4v) is 3.95. The number of carbonyl (C=O) groups is 1. The number of hydrogen-bond donors (Lipinski definition) is 1. The number of aromatic carboxylic acids is 1. The molecule has 0 saturated heterocycles. The molecule has 1 heterocycles. The highest BCUT2D eigenvalue weighted by molar-refractivity contribution is 7.91. The average molecular weight is 374 g/mol. The maximum absolute atomic E-state index is 12.9. The van der Waals surface area contributed by atoms with Gasteiger partial charge in [-0.15, -0.1) is 0 Å². The molecule has 26 heavy (non-hydrogen) atoms. The fourth-order valence-electron chi connectivity index (χ4n) is 2.75. The van der Waals surface area contributed by atoms with Gasteiger partial charge in [-0.1, -0.05) is 6.92 Å². The molecule has 6 nitrogen and oxygen atoms in total. The van der Waals surface area contributed by atoms with Crippen molar-refractivity contribution in [3.8, 4) is 5.75 Å². The minimum atomic E-state index is -1.34. The van der Waals surface area contributed by atoms with Gasteiger partial charge in [0.1, 0.15) is 17.1 Å². The van der Waals surface area contributed by atoms with Crippen molar-refractivity contribution in [3.63, 3.8) is 0 Å². The van der Waals surface area contributed by atoms with E-state index in [4.69, 9.17) is 14.3 Å². The Kier molecular flexibility index (Phi) is 5.20. The van der Waals surface area contributed by atoms with Gasteiger partial charge in [0.2, 0.25) is 5.43 Å². The Labute approximate surface area is 152 Å². The first-order valence-electron chi connectivity index (χ1n) is 8.25. The van der Waals surface area contributed by atoms with Crippen LogP contribution in [0.3, 0.4) is 0 Å². The summed E-state index contributed by atoms with van der Waals surface area (Å²) in [4.78, 5) is 24.5. The molecule has 0 fully saturated rings. The first-order chi connectivity index (χ1) is 12.5. The topological polar surface area (TPSA) is 99.8 Å². The predicted octanol–water partition coefficient (Wildman–Crippen LogP) is 3.56. The van der Waals surface area contributed by atoms with E-state index in [2.05, 4.69) is 0 Å². The minimum Gasteiger partial charge on any atom is -0.611 e. The second-order valence-electron chi connectivity index (χ2n) is 5.73. The molecule has 0 aliphatic heterocycles. The number of ether oxygens (including phenoxy) is 1. The lowest BCUT2D eigenvalue weighted by Crippen LogP contribution is -2.11. The van der Waals surface area contributed by atoms with E-state index in [1.165, 1.54) is 18.2 Å². The maximum atomic E-state index is 12.9. The summed E-state index contributed by atoms with van der Waals surface area (Å²) in [5.41, 5.74) is 0.132. The van der Waals surface area contributed by atoms with E-state index in [0.717, 1.165) is 0 Å². The summed E-state index contributed by atoms with van der Waals surface area (Å²) in [6.07, 6.45) is 0.715. The molecule has 0 amide bonds. The highest BCUT2D eigenvalue weighted by atomic mass is 32.2. The van der Waals surface area contributed by atoms with Gasteiger partial charge in [0.25, 0.3) is 0 Å². The largest absolute Gasteiger partial charge is 0.611 e. The molecule has 0 aliphatic rings. The van der Waals surface area contributed by atoms with Crippen LogP contribution in [0.15, 0.2) is 44.4 Å². The molecule has 2 aromatic carbocycles. The molecule has 0 radical (unpaired) electrons. The zero-order chi connectivity index (χ0) is 18.8. The first-order valence-corrected chi connectivity index (χ1v) is 9.57. The molecular formula is C19H18O6S. The van der Waals surface area contributed by atoms with Crippen LogP contribution in [0, 0.1) is 0 Å². The lowest BCUT2D eigenvalue weighted by molar-refractivity contribution is 0.0697. The summed E-state index contributed by atoms with van der Waals surface area (Å²) in [6.45, 7) is 4.13. The van der Waals surface area contributed by atoms with Crippen molar-refractivity contribution >= 4 is 39.1 Å². The lowest BCUT2D eigenvalue weighted by atomic mass is 10.1. The van der Waals surface area contributed by atoms with Crippen LogP contribution in [0.4, 0.5) is 0 Å². The summed E-state index contributed by atoms with van der Waals surface area (Å²) < 4.78 is 24.0. The molecule has 1 unspecified atom stereocenters. The first kappa shape index (κ1) is 18.3. The molecular weight excluding hydrogens is 356 g/mol. The Balaban J connectivity index is 2.37. The van der Waals surface area contributed by atoms with Gasteiger partial charge in [0, 0.05) is 6.07 Å². The molecule has 136 valence electrons. The molecule has 1 N–H and O–H groups in total. The number of carboxylic acid groups (broad SMARTS) is 1. The number of carboxylic acids is 1. The van der Waals surface area contributed by atoms with E-state index in [1.54, 1.807) is 12.1 Å². The quantitative estimate of drug-likeness (QED) is 0.523. The molecule has 0 spiro atoms. The van der Waals surface area contributed by atoms with Gasteiger partial charge in [-0.3, -0.25) is 4.79 Å². The van der Waals surface area contributed by atoms with Gasteiger partial charge in [0.15, 0.2) is 10.5 Å². The Morgan fingerprint density at radius 1 is 1.23 bits per heavy atom. The van der Waals surface area contributed by atoms with Crippen molar-refractivity contribution in [3.05, 3.63) is 46.1 Å². The summed E-state index contributed by atoms with van der Waals surface area (Å²) in [7, 11) is 0. The van der Waals surface area contributed by atoms with Crippen molar-refractivity contribution in [2.24, 2.45) is 0 Å². The maximum Gasteiger partial charge on any atom is 0.335 e. The highest BCUT2D eigenvalue weighted by Crippen LogP contribution is 2.31. The van der Waals surface area contributed by atoms with Crippen LogP contribution >= 0.6 is 0 Å². The van der Waals surface area contributed by atoms with Crippen LogP contribution < -0.4 is 10.2 Å². The van der Waals surface area contributed by atoms with Gasteiger partial charge in [0.05, 0.1) is 22.9 Å². The Morgan fingerprint density at radius 2 is 2.00 bits per heavy atom. The molecule has 1 aromatic heterocycles. The Hall–Kier alpha value is -2.51. The Bertz CT molecular complexity index is 1040. The van der Waals surface area contributed by atoms with Crippen LogP contribution in [-0.4, -0.2) is 28.0 Å². The molecule has 3 rings (SSSR count). The summed E-state index contributed by atoms with van der Waals surface area (Å²) in [6, 6.07) is 7.29. The van der Waals surface area contributed by atoms with Crippen molar-refractivity contribution in [2.75, 3.05) is 12.4 Å². The van der Waals surface area contributed by atoms with Crippen LogP contribution in [-0.2, 0) is 11.2 Å². The third-order valence-corrected chi connectivity index (χ3v) is 5.47. The fraction of sp³-hybridized carbons (Fsp3) is 0.263. The monoisotopic (exact) mass is 374 g/mol. The smallest absolute Gasteiger partial charge is 0.335 e. The van der Waals surface area contributed by atoms with Crippen molar-refractivity contribution in [1.82, 2.24) is 0 Å². The minimum absolute atomic E-state index is 0.0000966. The van der Waals surface area contributed by atoms with Gasteiger partial charge >= 0.3 is 5.97 Å². The third kappa shape index (κ3) is 3.27. The van der Waals surface area contributed by atoms with Crippen molar-refractivity contribution in [2.45, 2.75) is 25.2 Å². The lowest BCUT2D eigenvalue weighted by Gasteiger charge is -2.13. The average Bonchev–Trinajstić information content (AvgIpc) is 2.62. The summed E-state index contributed by atoms with van der Waals surface area (Å²) in [5.74, 6) is -0.260. The number of rotatable bonds is 6. The molecule has 7 heteroatoms. The standard InChI is InChI=1S/C19H18O6S/c1-3-7-26(23)16-10-12(24-4-2)9-14-17(20)13-8-11(19(21)22)5-6-15(13)25-18(14)16/h5-6,8-10H,3-4,7H2,1-2H3,(H,21,22). The SMILES string of the molecule is CCC[S+]([O-])c1cc(OCC)cc2c(=O)c3cc(C(=O)O)ccc3oc12. The zero-order valence-electron chi connectivity index (χ0n) is 14.4. The normalized spacial score (nSPS) is 12.4. The summed E-state index contributed by atoms with van der Waals surface area (Å²) >= 11 is -1.34. The number of hydrogen-bond acceptors (Lipinski definition) is 5. The van der Waals surface area contributed by atoms with E-state index >= 15 is 0 Å². The van der Waals surface area contributed by atoms with Crippen LogP contribution in [0.25, 0.3) is 21.9 Å². The number of benzene rings is 2. The van der Waals surface area contributed by atoms with E-state index in [1.807, 2.05) is 13.8 Å². The van der Waals surface area contributed by atoms with Crippen LogP contribution in [0.5, 0.6) is 5.75 Å². The number of fused-ring (bicyclic) bond motifs is 2. The third-order valence-electron chi connectivity index (χ3n) is 3.90. The van der Waals surface area contributed by atoms with E-state index < -0.39 is 17.1 Å². The van der Waals surface area contributed by atoms with Gasteiger partial charge in [-0.05, 0) is 48.8 Å². The van der Waals surface area contributed by atoms with E-state index in [0.29, 0.717) is 29.4 Å². The molecule has 0 bridgehead atoms. The highest BCUT2D eigenvalue weighted by Gasteiger charge is 2.22. The molecule has 0 aliphatic carbocycles.